The highest BCUT2D eigenvalue weighted by Gasteiger charge is 2.35. The fraction of sp³-hybridized carbons (Fsp3) is 0.0870. The van der Waals surface area contributed by atoms with Gasteiger partial charge in [-0.15, -0.1) is 10.2 Å². The van der Waals surface area contributed by atoms with Crippen molar-refractivity contribution in [3.63, 3.8) is 0 Å². The van der Waals surface area contributed by atoms with Crippen molar-refractivity contribution in [2.75, 3.05) is 0 Å². The Labute approximate surface area is 196 Å². The van der Waals surface area contributed by atoms with Gasteiger partial charge in [0, 0.05) is 10.6 Å². The number of halogens is 4. The van der Waals surface area contributed by atoms with Crippen LogP contribution in [0.1, 0.15) is 16.4 Å². The Morgan fingerprint density at radius 3 is 2.33 bits per heavy atom. The molecule has 0 aliphatic heterocycles. The Bertz CT molecular complexity index is 1290. The lowest BCUT2D eigenvalue weighted by Gasteiger charge is -2.18. The number of benzene rings is 3. The van der Waals surface area contributed by atoms with E-state index in [0.29, 0.717) is 16.1 Å². The number of hydrogen-bond acceptors (Lipinski definition) is 4. The predicted molar refractivity (Wildman–Crippen MR) is 121 cm³/mol. The molecule has 4 rings (SSSR count). The topological polar surface area (TPSA) is 73.8 Å². The summed E-state index contributed by atoms with van der Waals surface area (Å²) in [5, 5.41) is 7.85. The normalized spacial score (nSPS) is 12.5. The van der Waals surface area contributed by atoms with Crippen LogP contribution in [-0.2, 0) is 11.0 Å². The third-order valence-electron chi connectivity index (χ3n) is 4.75. The highest BCUT2D eigenvalue weighted by Crippen LogP contribution is 2.40. The monoisotopic (exact) mass is 488 g/mol. The molecule has 0 fully saturated rings. The second-order valence-electron chi connectivity index (χ2n) is 6.98. The number of alkyl halides is 3. The maximum absolute atomic E-state index is 13.9. The summed E-state index contributed by atoms with van der Waals surface area (Å²) >= 11 is 7.03. The number of para-hydroxylation sites is 1. The summed E-state index contributed by atoms with van der Waals surface area (Å²) in [7, 11) is 0. The second kappa shape index (κ2) is 9.29. The number of amides is 1. The van der Waals surface area contributed by atoms with Crippen molar-refractivity contribution in [3.05, 3.63) is 95.0 Å². The van der Waals surface area contributed by atoms with Crippen LogP contribution in [0.2, 0.25) is 5.02 Å². The van der Waals surface area contributed by atoms with E-state index in [1.165, 1.54) is 22.8 Å². The van der Waals surface area contributed by atoms with Gasteiger partial charge in [0.2, 0.25) is 5.91 Å². The van der Waals surface area contributed by atoms with Crippen LogP contribution in [0.15, 0.2) is 84.0 Å². The van der Waals surface area contributed by atoms with Gasteiger partial charge < -0.3 is 5.73 Å². The molecule has 0 spiro atoms. The molecule has 1 heterocycles. The van der Waals surface area contributed by atoms with E-state index in [0.717, 1.165) is 17.8 Å². The Balaban J connectivity index is 1.92. The first kappa shape index (κ1) is 22.9. The molecule has 3 aromatic carbocycles. The third kappa shape index (κ3) is 4.89. The molecular weight excluding hydrogens is 473 g/mol. The molecule has 2 N–H and O–H groups in total. The number of nitrogens with zero attached hydrogens (tertiary/aromatic N) is 3. The van der Waals surface area contributed by atoms with Crippen LogP contribution in [-0.4, -0.2) is 20.7 Å². The zero-order chi connectivity index (χ0) is 23.6. The number of thioether (sulfide) groups is 1. The number of carbonyl (C=O) groups excluding carboxylic acids is 1. The van der Waals surface area contributed by atoms with Crippen molar-refractivity contribution >= 4 is 29.3 Å². The SMILES string of the molecule is NC(=O)C(Sc1nnc(-c2cccc(Cl)c2)n1-c1ccccc1C(F)(F)F)c1ccccc1. The van der Waals surface area contributed by atoms with Crippen LogP contribution in [0.25, 0.3) is 17.1 Å². The molecule has 0 radical (unpaired) electrons. The first-order valence-electron chi connectivity index (χ1n) is 9.64. The lowest BCUT2D eigenvalue weighted by atomic mass is 10.1. The van der Waals surface area contributed by atoms with E-state index in [-0.39, 0.29) is 16.7 Å². The van der Waals surface area contributed by atoms with Gasteiger partial charge in [0.1, 0.15) is 5.25 Å². The quantitative estimate of drug-likeness (QED) is 0.342. The summed E-state index contributed by atoms with van der Waals surface area (Å²) in [5.74, 6) is -0.512. The number of hydrogen-bond donors (Lipinski definition) is 1. The fourth-order valence-electron chi connectivity index (χ4n) is 3.31. The zero-order valence-electron chi connectivity index (χ0n) is 16.8. The molecule has 4 aromatic rings. The Morgan fingerprint density at radius 2 is 1.67 bits per heavy atom. The van der Waals surface area contributed by atoms with Gasteiger partial charge in [0.15, 0.2) is 11.0 Å². The first-order chi connectivity index (χ1) is 15.8. The number of rotatable bonds is 6. The highest BCUT2D eigenvalue weighted by molar-refractivity contribution is 8.00. The van der Waals surface area contributed by atoms with Gasteiger partial charge in [0.05, 0.1) is 11.3 Å². The van der Waals surface area contributed by atoms with E-state index in [4.69, 9.17) is 17.3 Å². The second-order valence-corrected chi connectivity index (χ2v) is 8.49. The summed E-state index contributed by atoms with van der Waals surface area (Å²) < 4.78 is 42.9. The van der Waals surface area contributed by atoms with Gasteiger partial charge in [-0.05, 0) is 29.8 Å². The van der Waals surface area contributed by atoms with Crippen molar-refractivity contribution in [2.45, 2.75) is 16.6 Å². The van der Waals surface area contributed by atoms with E-state index in [2.05, 4.69) is 10.2 Å². The number of aromatic nitrogens is 3. The summed E-state index contributed by atoms with van der Waals surface area (Å²) in [5.41, 5.74) is 5.64. The molecule has 0 aliphatic rings. The van der Waals surface area contributed by atoms with E-state index in [1.807, 2.05) is 0 Å². The molecule has 1 aromatic heterocycles. The molecule has 10 heteroatoms. The Kier molecular flexibility index (Phi) is 6.44. The minimum absolute atomic E-state index is 0.0781. The van der Waals surface area contributed by atoms with E-state index >= 15 is 0 Å². The number of nitrogens with two attached hydrogens (primary N) is 1. The van der Waals surface area contributed by atoms with Crippen LogP contribution in [0.4, 0.5) is 13.2 Å². The van der Waals surface area contributed by atoms with Gasteiger partial charge >= 0.3 is 6.18 Å². The highest BCUT2D eigenvalue weighted by atomic mass is 35.5. The zero-order valence-corrected chi connectivity index (χ0v) is 18.4. The fourth-order valence-corrected chi connectivity index (χ4v) is 4.50. The number of primary amides is 1. The maximum atomic E-state index is 13.9. The first-order valence-corrected chi connectivity index (χ1v) is 10.9. The van der Waals surface area contributed by atoms with Gasteiger partial charge in [-0.2, -0.15) is 13.2 Å². The smallest absolute Gasteiger partial charge is 0.368 e. The largest absolute Gasteiger partial charge is 0.418 e. The molecule has 5 nitrogen and oxygen atoms in total. The average molecular weight is 489 g/mol. The number of carbonyl (C=O) groups is 1. The van der Waals surface area contributed by atoms with Gasteiger partial charge in [0.25, 0.3) is 0 Å². The van der Waals surface area contributed by atoms with Crippen molar-refractivity contribution < 1.29 is 18.0 Å². The van der Waals surface area contributed by atoms with E-state index in [1.54, 1.807) is 54.6 Å². The lowest BCUT2D eigenvalue weighted by molar-refractivity contribution is -0.137. The Morgan fingerprint density at radius 1 is 0.970 bits per heavy atom. The molecule has 0 bridgehead atoms. The van der Waals surface area contributed by atoms with Crippen molar-refractivity contribution in [1.29, 1.82) is 0 Å². The van der Waals surface area contributed by atoms with Gasteiger partial charge in [-0.3, -0.25) is 9.36 Å². The van der Waals surface area contributed by atoms with Gasteiger partial charge in [-0.25, -0.2) is 0 Å². The minimum atomic E-state index is -4.63. The van der Waals surface area contributed by atoms with Crippen LogP contribution in [0, 0.1) is 0 Å². The minimum Gasteiger partial charge on any atom is -0.368 e. The molecule has 33 heavy (non-hydrogen) atoms. The Hall–Kier alpha value is -3.30. The lowest BCUT2D eigenvalue weighted by Crippen LogP contribution is -2.19. The van der Waals surface area contributed by atoms with E-state index < -0.39 is 22.9 Å². The molecule has 1 unspecified atom stereocenters. The van der Waals surface area contributed by atoms with Crippen LogP contribution in [0.3, 0.4) is 0 Å². The third-order valence-corrected chi connectivity index (χ3v) is 6.20. The maximum Gasteiger partial charge on any atom is 0.418 e. The molecule has 0 aliphatic carbocycles. The van der Waals surface area contributed by atoms with Gasteiger partial charge in [-0.1, -0.05) is 78.0 Å². The molecular formula is C23H16ClF3N4OS. The summed E-state index contributed by atoms with van der Waals surface area (Å²) in [6, 6.07) is 20.3. The molecule has 1 amide bonds. The predicted octanol–water partition coefficient (Wildman–Crippen LogP) is 5.93. The summed E-state index contributed by atoms with van der Waals surface area (Å²) in [4.78, 5) is 12.2. The van der Waals surface area contributed by atoms with Crippen LogP contribution >= 0.6 is 23.4 Å². The van der Waals surface area contributed by atoms with Crippen molar-refractivity contribution in [1.82, 2.24) is 14.8 Å². The summed E-state index contributed by atoms with van der Waals surface area (Å²) in [6.07, 6.45) is -4.63. The van der Waals surface area contributed by atoms with Crippen molar-refractivity contribution in [3.8, 4) is 17.1 Å². The van der Waals surface area contributed by atoms with Crippen molar-refractivity contribution in [2.24, 2.45) is 5.73 Å². The molecule has 1 atom stereocenters. The van der Waals surface area contributed by atoms with Crippen LogP contribution in [0.5, 0.6) is 0 Å². The molecule has 168 valence electrons. The van der Waals surface area contributed by atoms with E-state index in [9.17, 15) is 18.0 Å². The standard InChI is InChI=1S/C23H16ClF3N4OS/c24-16-10-6-9-15(13-16)21-29-30-22(33-19(20(28)32)14-7-2-1-3-8-14)31(21)18-12-5-4-11-17(18)23(25,26)27/h1-13,19H,(H2,28,32). The summed E-state index contributed by atoms with van der Waals surface area (Å²) in [6.45, 7) is 0. The van der Waals surface area contributed by atoms with Crippen LogP contribution < -0.4 is 5.73 Å². The molecule has 0 saturated carbocycles. The average Bonchev–Trinajstić information content (AvgIpc) is 3.21. The molecule has 0 saturated heterocycles.